The summed E-state index contributed by atoms with van der Waals surface area (Å²) in [5, 5.41) is 21.6. The van der Waals surface area contributed by atoms with Gasteiger partial charge in [0.25, 0.3) is 0 Å². The molecular weight excluding hydrogens is 304 g/mol. The standard InChI is InChI=1S/C14H24N4OS2/c15-13-16-17-14(21-13)20-12-10-8-6-4-2-1-3-5-7-9-11(12)18-19/h12,19H,1-10H2,(H2,15,16). The Kier molecular flexibility index (Phi) is 7.29. The highest BCUT2D eigenvalue weighted by atomic mass is 32.2. The molecule has 1 aliphatic carbocycles. The van der Waals surface area contributed by atoms with E-state index in [1.165, 1.54) is 56.3 Å². The summed E-state index contributed by atoms with van der Waals surface area (Å²) < 4.78 is 0.866. The van der Waals surface area contributed by atoms with Gasteiger partial charge in [-0.2, -0.15) is 0 Å². The molecule has 0 spiro atoms. The molecule has 3 N–H and O–H groups in total. The topological polar surface area (TPSA) is 84.4 Å². The van der Waals surface area contributed by atoms with Crippen molar-refractivity contribution in [2.24, 2.45) is 5.16 Å². The number of nitrogens with zero attached hydrogens (tertiary/aromatic N) is 3. The first kappa shape index (κ1) is 16.5. The van der Waals surface area contributed by atoms with E-state index in [1.54, 1.807) is 11.8 Å². The van der Waals surface area contributed by atoms with Gasteiger partial charge in [0.15, 0.2) is 4.34 Å². The Morgan fingerprint density at radius 3 is 2.33 bits per heavy atom. The smallest absolute Gasteiger partial charge is 0.203 e. The first-order valence-electron chi connectivity index (χ1n) is 7.76. The van der Waals surface area contributed by atoms with Gasteiger partial charge in [0.1, 0.15) is 0 Å². The van der Waals surface area contributed by atoms with Crippen LogP contribution in [0.15, 0.2) is 9.50 Å². The zero-order valence-electron chi connectivity index (χ0n) is 12.3. The lowest BCUT2D eigenvalue weighted by Gasteiger charge is -2.17. The van der Waals surface area contributed by atoms with Crippen molar-refractivity contribution in [2.75, 3.05) is 5.73 Å². The van der Waals surface area contributed by atoms with Gasteiger partial charge < -0.3 is 10.9 Å². The summed E-state index contributed by atoms with van der Waals surface area (Å²) in [6.07, 6.45) is 12.0. The van der Waals surface area contributed by atoms with Crippen molar-refractivity contribution < 1.29 is 5.21 Å². The number of anilines is 1. The fraction of sp³-hybridized carbons (Fsp3) is 0.786. The van der Waals surface area contributed by atoms with Crippen molar-refractivity contribution in [3.05, 3.63) is 0 Å². The van der Waals surface area contributed by atoms with Crippen LogP contribution in [0.3, 0.4) is 0 Å². The largest absolute Gasteiger partial charge is 0.411 e. The molecule has 0 bridgehead atoms. The van der Waals surface area contributed by atoms with Crippen LogP contribution < -0.4 is 5.73 Å². The van der Waals surface area contributed by atoms with Gasteiger partial charge in [0.05, 0.1) is 11.0 Å². The van der Waals surface area contributed by atoms with Gasteiger partial charge in [-0.05, 0) is 19.3 Å². The lowest BCUT2D eigenvalue weighted by molar-refractivity contribution is 0.315. The molecule has 1 atom stereocenters. The van der Waals surface area contributed by atoms with Gasteiger partial charge >= 0.3 is 0 Å². The third kappa shape index (κ3) is 5.82. The summed E-state index contributed by atoms with van der Waals surface area (Å²) in [5.41, 5.74) is 6.54. The second-order valence-electron chi connectivity index (χ2n) is 5.47. The minimum absolute atomic E-state index is 0.196. The maximum Gasteiger partial charge on any atom is 0.203 e. The van der Waals surface area contributed by atoms with E-state index in [4.69, 9.17) is 5.73 Å². The van der Waals surface area contributed by atoms with E-state index in [0.29, 0.717) is 5.13 Å². The normalized spacial score (nSPS) is 24.4. The molecule has 7 heteroatoms. The Morgan fingerprint density at radius 2 is 1.71 bits per heavy atom. The van der Waals surface area contributed by atoms with Crippen molar-refractivity contribution in [3.63, 3.8) is 0 Å². The maximum absolute atomic E-state index is 9.37. The van der Waals surface area contributed by atoms with Crippen molar-refractivity contribution in [3.8, 4) is 0 Å². The lowest BCUT2D eigenvalue weighted by Crippen LogP contribution is -2.18. The predicted octanol–water partition coefficient (Wildman–Crippen LogP) is 4.33. The molecule has 1 fully saturated rings. The number of rotatable bonds is 2. The molecule has 0 saturated heterocycles. The van der Waals surface area contributed by atoms with Gasteiger partial charge in [0, 0.05) is 0 Å². The summed E-state index contributed by atoms with van der Waals surface area (Å²) in [7, 11) is 0. The van der Waals surface area contributed by atoms with Crippen LogP contribution >= 0.6 is 23.1 Å². The van der Waals surface area contributed by atoms with Crippen LogP contribution in [0.25, 0.3) is 0 Å². The third-order valence-electron chi connectivity index (χ3n) is 3.81. The molecule has 1 aromatic heterocycles. The fourth-order valence-corrected chi connectivity index (χ4v) is 4.71. The van der Waals surface area contributed by atoms with Gasteiger partial charge in [-0.25, -0.2) is 0 Å². The molecule has 1 saturated carbocycles. The Bertz CT molecular complexity index is 450. The Labute approximate surface area is 134 Å². The molecule has 21 heavy (non-hydrogen) atoms. The number of nitrogen functional groups attached to an aromatic ring is 1. The number of thioether (sulfide) groups is 1. The monoisotopic (exact) mass is 328 g/mol. The molecular formula is C14H24N4OS2. The van der Waals surface area contributed by atoms with Crippen LogP contribution in [0, 0.1) is 0 Å². The van der Waals surface area contributed by atoms with E-state index < -0.39 is 0 Å². The zero-order valence-corrected chi connectivity index (χ0v) is 14.0. The summed E-state index contributed by atoms with van der Waals surface area (Å²) in [5.74, 6) is 0. The van der Waals surface area contributed by atoms with Crippen LogP contribution in [0.2, 0.25) is 0 Å². The molecule has 1 aromatic rings. The first-order valence-corrected chi connectivity index (χ1v) is 9.45. The number of hydrogen-bond acceptors (Lipinski definition) is 7. The quantitative estimate of drug-likeness (QED) is 0.623. The zero-order chi connectivity index (χ0) is 14.9. The van der Waals surface area contributed by atoms with Gasteiger partial charge in [-0.3, -0.25) is 0 Å². The minimum atomic E-state index is 0.196. The third-order valence-corrected chi connectivity index (χ3v) is 5.98. The molecule has 5 nitrogen and oxygen atoms in total. The SMILES string of the molecule is Nc1nnc(SC2CCCCCCCCCCC2=NO)s1. The summed E-state index contributed by atoms with van der Waals surface area (Å²) in [4.78, 5) is 0. The highest BCUT2D eigenvalue weighted by molar-refractivity contribution is 8.02. The van der Waals surface area contributed by atoms with Crippen molar-refractivity contribution in [1.82, 2.24) is 10.2 Å². The predicted molar refractivity (Wildman–Crippen MR) is 89.4 cm³/mol. The van der Waals surface area contributed by atoms with E-state index in [0.717, 1.165) is 29.3 Å². The van der Waals surface area contributed by atoms with Crippen molar-refractivity contribution in [1.29, 1.82) is 0 Å². The number of hydrogen-bond donors (Lipinski definition) is 2. The van der Waals surface area contributed by atoms with Crippen molar-refractivity contribution in [2.45, 2.75) is 73.8 Å². The average molecular weight is 329 g/mol. The number of oxime groups is 1. The van der Waals surface area contributed by atoms with E-state index in [-0.39, 0.29) is 5.25 Å². The first-order chi connectivity index (χ1) is 10.3. The van der Waals surface area contributed by atoms with E-state index >= 15 is 0 Å². The second-order valence-corrected chi connectivity index (χ2v) is 7.93. The highest BCUT2D eigenvalue weighted by Gasteiger charge is 2.20. The second kappa shape index (κ2) is 9.25. The Morgan fingerprint density at radius 1 is 1.05 bits per heavy atom. The molecule has 0 radical (unpaired) electrons. The van der Waals surface area contributed by atoms with Crippen LogP contribution in [-0.2, 0) is 0 Å². The van der Waals surface area contributed by atoms with E-state index in [1.807, 2.05) is 0 Å². The fourth-order valence-electron chi connectivity index (χ4n) is 2.66. The minimum Gasteiger partial charge on any atom is -0.411 e. The molecule has 1 heterocycles. The highest BCUT2D eigenvalue weighted by Crippen LogP contribution is 2.32. The molecule has 1 unspecified atom stereocenters. The van der Waals surface area contributed by atoms with Crippen LogP contribution in [0.5, 0.6) is 0 Å². The van der Waals surface area contributed by atoms with Crippen LogP contribution in [-0.4, -0.2) is 26.4 Å². The van der Waals surface area contributed by atoms with E-state index in [2.05, 4.69) is 15.4 Å². The van der Waals surface area contributed by atoms with E-state index in [9.17, 15) is 5.21 Å². The summed E-state index contributed by atoms with van der Waals surface area (Å²) >= 11 is 3.05. The van der Waals surface area contributed by atoms with Crippen molar-refractivity contribution >= 4 is 33.9 Å². The molecule has 118 valence electrons. The Hall–Kier alpha value is -0.820. The van der Waals surface area contributed by atoms with Gasteiger partial charge in [0.2, 0.25) is 5.13 Å². The molecule has 0 aliphatic heterocycles. The number of aromatic nitrogens is 2. The maximum atomic E-state index is 9.37. The lowest BCUT2D eigenvalue weighted by atomic mass is 9.99. The van der Waals surface area contributed by atoms with Crippen LogP contribution in [0.1, 0.15) is 64.2 Å². The molecule has 1 aliphatic rings. The van der Waals surface area contributed by atoms with Gasteiger partial charge in [-0.1, -0.05) is 73.2 Å². The number of nitrogens with two attached hydrogens (primary N) is 1. The average Bonchev–Trinajstić information content (AvgIpc) is 2.87. The summed E-state index contributed by atoms with van der Waals surface area (Å²) in [6.45, 7) is 0. The molecule has 0 aromatic carbocycles. The van der Waals surface area contributed by atoms with Crippen LogP contribution in [0.4, 0.5) is 5.13 Å². The van der Waals surface area contributed by atoms with Gasteiger partial charge in [-0.15, -0.1) is 10.2 Å². The molecule has 0 amide bonds. The molecule has 2 rings (SSSR count). The summed E-state index contributed by atoms with van der Waals surface area (Å²) in [6, 6.07) is 0. The Balaban J connectivity index is 1.99.